The van der Waals surface area contributed by atoms with E-state index in [0.717, 1.165) is 22.3 Å². The van der Waals surface area contributed by atoms with E-state index in [0.29, 0.717) is 12.3 Å². The fourth-order valence-corrected chi connectivity index (χ4v) is 2.40. The molecule has 3 rings (SSSR count). The zero-order valence-corrected chi connectivity index (χ0v) is 14.8. The fraction of sp³-hybridized carbons (Fsp3) is 0.250. The third kappa shape index (κ3) is 4.26. The lowest BCUT2D eigenvalue weighted by molar-refractivity contribution is 0.0922. The Morgan fingerprint density at radius 2 is 2.12 bits per heavy atom. The van der Waals surface area contributed by atoms with Crippen molar-refractivity contribution in [3.63, 3.8) is 0 Å². The number of rotatable bonds is 4. The first-order valence-electron chi connectivity index (χ1n) is 8.13. The van der Waals surface area contributed by atoms with Crippen LogP contribution in [0, 0.1) is 11.8 Å². The molecule has 1 amide bonds. The maximum absolute atomic E-state index is 12.2. The van der Waals surface area contributed by atoms with Gasteiger partial charge in [-0.1, -0.05) is 5.92 Å². The number of carbonyl (C=O) groups excluding carboxylic acids is 1. The molecule has 6 heteroatoms. The number of hydrogen-bond acceptors (Lipinski definition) is 4. The van der Waals surface area contributed by atoms with E-state index in [-0.39, 0.29) is 11.7 Å². The molecule has 0 bridgehead atoms. The zero-order chi connectivity index (χ0) is 18.7. The van der Waals surface area contributed by atoms with E-state index in [1.54, 1.807) is 33.1 Å². The minimum Gasteiger partial charge on any atom is -0.497 e. The van der Waals surface area contributed by atoms with Crippen LogP contribution in [-0.2, 0) is 6.54 Å². The number of carbonyl (C=O) groups is 1. The second-order valence-corrected chi connectivity index (χ2v) is 6.40. The number of aliphatic hydroxyl groups is 1. The molecule has 6 nitrogen and oxygen atoms in total. The van der Waals surface area contributed by atoms with Crippen LogP contribution in [0.5, 0.6) is 5.75 Å². The lowest BCUT2D eigenvalue weighted by atomic mass is 10.1. The lowest BCUT2D eigenvalue weighted by Crippen LogP contribution is -2.22. The second kappa shape index (κ2) is 6.98. The van der Waals surface area contributed by atoms with Crippen LogP contribution < -0.4 is 10.1 Å². The first-order valence-corrected chi connectivity index (χ1v) is 8.13. The molecule has 2 heterocycles. The highest BCUT2D eigenvalue weighted by molar-refractivity contribution is 5.91. The van der Waals surface area contributed by atoms with Crippen LogP contribution in [0.4, 0.5) is 0 Å². The van der Waals surface area contributed by atoms with E-state index in [1.807, 2.05) is 24.3 Å². The van der Waals surface area contributed by atoms with Crippen molar-refractivity contribution in [3.8, 4) is 17.6 Å². The van der Waals surface area contributed by atoms with Crippen molar-refractivity contribution < 1.29 is 19.1 Å². The molecule has 0 aliphatic rings. The van der Waals surface area contributed by atoms with Gasteiger partial charge in [0.05, 0.1) is 13.7 Å². The molecule has 0 aliphatic carbocycles. The molecule has 0 spiro atoms. The third-order valence-corrected chi connectivity index (χ3v) is 3.64. The van der Waals surface area contributed by atoms with Gasteiger partial charge in [0.1, 0.15) is 11.4 Å². The Morgan fingerprint density at radius 1 is 1.31 bits per heavy atom. The Bertz CT molecular complexity index is 996. The van der Waals surface area contributed by atoms with Crippen LogP contribution >= 0.6 is 0 Å². The van der Waals surface area contributed by atoms with E-state index < -0.39 is 5.60 Å². The summed E-state index contributed by atoms with van der Waals surface area (Å²) in [6.07, 6.45) is 0. The quantitative estimate of drug-likeness (QED) is 0.630. The molecule has 26 heavy (non-hydrogen) atoms. The van der Waals surface area contributed by atoms with Crippen molar-refractivity contribution in [2.75, 3.05) is 7.11 Å². The van der Waals surface area contributed by atoms with E-state index in [2.05, 4.69) is 22.1 Å². The number of nitrogens with one attached hydrogen (secondary N) is 2. The van der Waals surface area contributed by atoms with Crippen molar-refractivity contribution >= 4 is 16.8 Å². The maximum atomic E-state index is 12.2. The standard InChI is InChI=1S/C20H20N2O4/c1-20(2,24)9-8-15-5-7-18(26-15)19(23)21-12-14-10-13-11-16(25-3)4-6-17(13)22-14/h4-7,10-11,22,24H,12H2,1-3H3,(H,21,23). The van der Waals surface area contributed by atoms with Crippen molar-refractivity contribution in [2.45, 2.75) is 26.0 Å². The molecule has 3 N–H and O–H groups in total. The molecular weight excluding hydrogens is 332 g/mol. The van der Waals surface area contributed by atoms with E-state index in [4.69, 9.17) is 9.15 Å². The molecule has 134 valence electrons. The topological polar surface area (TPSA) is 87.5 Å². The minimum atomic E-state index is -1.12. The number of hydrogen-bond donors (Lipinski definition) is 3. The third-order valence-electron chi connectivity index (χ3n) is 3.64. The summed E-state index contributed by atoms with van der Waals surface area (Å²) in [6, 6.07) is 10.8. The molecule has 0 fully saturated rings. The van der Waals surface area contributed by atoms with Gasteiger partial charge in [-0.05, 0) is 56.2 Å². The van der Waals surface area contributed by atoms with Gasteiger partial charge in [-0.3, -0.25) is 4.79 Å². The molecule has 0 aliphatic heterocycles. The van der Waals surface area contributed by atoms with Gasteiger partial charge in [0.15, 0.2) is 11.5 Å². The Hall–Kier alpha value is -3.17. The highest BCUT2D eigenvalue weighted by Gasteiger charge is 2.12. The average molecular weight is 352 g/mol. The number of ether oxygens (including phenoxy) is 1. The number of aromatic nitrogens is 1. The average Bonchev–Trinajstić information content (AvgIpc) is 3.23. The number of methoxy groups -OCH3 is 1. The molecule has 2 aromatic heterocycles. The van der Waals surface area contributed by atoms with Crippen LogP contribution in [0.25, 0.3) is 10.9 Å². The summed E-state index contributed by atoms with van der Waals surface area (Å²) >= 11 is 0. The van der Waals surface area contributed by atoms with Gasteiger partial charge in [0.25, 0.3) is 5.91 Å². The van der Waals surface area contributed by atoms with Gasteiger partial charge in [-0.2, -0.15) is 0 Å². The van der Waals surface area contributed by atoms with Crippen molar-refractivity contribution in [3.05, 3.63) is 53.6 Å². The highest BCUT2D eigenvalue weighted by Crippen LogP contribution is 2.21. The van der Waals surface area contributed by atoms with Crippen LogP contribution in [0.1, 0.15) is 35.9 Å². The number of amides is 1. The van der Waals surface area contributed by atoms with E-state index in [1.165, 1.54) is 0 Å². The summed E-state index contributed by atoms with van der Waals surface area (Å²) in [6.45, 7) is 3.49. The summed E-state index contributed by atoms with van der Waals surface area (Å²) < 4.78 is 10.6. The van der Waals surface area contributed by atoms with Gasteiger partial charge in [0.2, 0.25) is 0 Å². The number of benzene rings is 1. The van der Waals surface area contributed by atoms with E-state index in [9.17, 15) is 9.90 Å². The Labute approximate surface area is 151 Å². The van der Waals surface area contributed by atoms with Crippen molar-refractivity contribution in [1.82, 2.24) is 10.3 Å². The molecular formula is C20H20N2O4. The maximum Gasteiger partial charge on any atom is 0.287 e. The largest absolute Gasteiger partial charge is 0.497 e. The van der Waals surface area contributed by atoms with Gasteiger partial charge >= 0.3 is 0 Å². The van der Waals surface area contributed by atoms with Gasteiger partial charge < -0.3 is 24.6 Å². The van der Waals surface area contributed by atoms with Gasteiger partial charge in [0, 0.05) is 16.6 Å². The smallest absolute Gasteiger partial charge is 0.287 e. The number of furan rings is 1. The molecule has 3 aromatic rings. The predicted molar refractivity (Wildman–Crippen MR) is 97.9 cm³/mol. The molecule has 1 aromatic carbocycles. The number of H-pyrrole nitrogens is 1. The normalized spacial score (nSPS) is 11.1. The van der Waals surface area contributed by atoms with Gasteiger partial charge in [-0.15, -0.1) is 0 Å². The summed E-state index contributed by atoms with van der Waals surface area (Å²) in [5.74, 6) is 6.28. The van der Waals surface area contributed by atoms with Crippen molar-refractivity contribution in [1.29, 1.82) is 0 Å². The molecule has 0 atom stereocenters. The first kappa shape index (κ1) is 17.6. The Balaban J connectivity index is 1.65. The first-order chi connectivity index (χ1) is 12.3. The van der Waals surface area contributed by atoms with Crippen LogP contribution in [0.2, 0.25) is 0 Å². The fourth-order valence-electron chi connectivity index (χ4n) is 2.40. The van der Waals surface area contributed by atoms with Crippen LogP contribution in [0.15, 0.2) is 40.8 Å². The monoisotopic (exact) mass is 352 g/mol. The van der Waals surface area contributed by atoms with E-state index >= 15 is 0 Å². The Kier molecular flexibility index (Phi) is 4.74. The highest BCUT2D eigenvalue weighted by atomic mass is 16.5. The summed E-state index contributed by atoms with van der Waals surface area (Å²) in [5, 5.41) is 13.4. The lowest BCUT2D eigenvalue weighted by Gasteiger charge is -2.05. The van der Waals surface area contributed by atoms with Crippen LogP contribution in [-0.4, -0.2) is 28.7 Å². The van der Waals surface area contributed by atoms with Gasteiger partial charge in [-0.25, -0.2) is 0 Å². The SMILES string of the molecule is COc1ccc2[nH]c(CNC(=O)c3ccc(C#CC(C)(C)O)o3)cc2c1. The molecule has 0 saturated heterocycles. The summed E-state index contributed by atoms with van der Waals surface area (Å²) in [5.41, 5.74) is 0.723. The predicted octanol–water partition coefficient (Wildman–Crippen LogP) is 2.82. The van der Waals surface area contributed by atoms with Crippen molar-refractivity contribution in [2.24, 2.45) is 0 Å². The van der Waals surface area contributed by atoms with Crippen LogP contribution in [0.3, 0.4) is 0 Å². The number of fused-ring (bicyclic) bond motifs is 1. The molecule has 0 saturated carbocycles. The Morgan fingerprint density at radius 3 is 2.85 bits per heavy atom. The summed E-state index contributed by atoms with van der Waals surface area (Å²) in [4.78, 5) is 15.5. The second-order valence-electron chi connectivity index (χ2n) is 6.40. The minimum absolute atomic E-state index is 0.169. The molecule has 0 unspecified atom stereocenters. The zero-order valence-electron chi connectivity index (χ0n) is 14.8. The molecule has 0 radical (unpaired) electrons. The summed E-state index contributed by atoms with van der Waals surface area (Å²) in [7, 11) is 1.62. The number of aromatic amines is 1.